The lowest BCUT2D eigenvalue weighted by atomic mass is 10.1. The van der Waals surface area contributed by atoms with Crippen LogP contribution in [0.5, 0.6) is 5.75 Å². The Morgan fingerprint density at radius 1 is 1.08 bits per heavy atom. The molecule has 130 valence electrons. The van der Waals surface area contributed by atoms with Crippen molar-refractivity contribution in [3.8, 4) is 16.2 Å². The third-order valence-electron chi connectivity index (χ3n) is 3.79. The van der Waals surface area contributed by atoms with Gasteiger partial charge in [0.1, 0.15) is 10.8 Å². The van der Waals surface area contributed by atoms with Crippen LogP contribution in [0.2, 0.25) is 10.0 Å². The second kappa shape index (κ2) is 8.68. The van der Waals surface area contributed by atoms with Crippen LogP contribution in [0.1, 0.15) is 10.6 Å². The Morgan fingerprint density at radius 2 is 1.80 bits per heavy atom. The van der Waals surface area contributed by atoms with Gasteiger partial charge in [0.2, 0.25) is 0 Å². The number of benzene rings is 2. The molecule has 0 amide bonds. The maximum Gasteiger partial charge on any atom is 0.118 e. The van der Waals surface area contributed by atoms with Gasteiger partial charge < -0.3 is 10.1 Å². The molecule has 0 atom stereocenters. The van der Waals surface area contributed by atoms with Gasteiger partial charge in [-0.1, -0.05) is 41.4 Å². The fourth-order valence-corrected chi connectivity index (χ4v) is 4.13. The maximum atomic E-state index is 6.26. The molecule has 0 radical (unpaired) electrons. The lowest BCUT2D eigenvalue weighted by Gasteiger charge is -2.05. The van der Waals surface area contributed by atoms with Gasteiger partial charge in [-0.15, -0.1) is 11.3 Å². The van der Waals surface area contributed by atoms with Crippen LogP contribution in [0.4, 0.5) is 0 Å². The largest absolute Gasteiger partial charge is 0.497 e. The molecule has 0 unspecified atom stereocenters. The van der Waals surface area contributed by atoms with E-state index in [1.807, 2.05) is 36.5 Å². The van der Waals surface area contributed by atoms with Gasteiger partial charge in [-0.3, -0.25) is 0 Å². The van der Waals surface area contributed by atoms with Gasteiger partial charge in [-0.05, 0) is 42.8 Å². The first-order valence-electron chi connectivity index (χ1n) is 7.90. The zero-order valence-corrected chi connectivity index (χ0v) is 16.1. The third-order valence-corrected chi connectivity index (χ3v) is 5.43. The third kappa shape index (κ3) is 4.73. The molecule has 0 saturated heterocycles. The van der Waals surface area contributed by atoms with E-state index in [1.165, 1.54) is 5.56 Å². The molecule has 0 aliphatic carbocycles. The van der Waals surface area contributed by atoms with Crippen molar-refractivity contribution in [2.24, 2.45) is 0 Å². The highest BCUT2D eigenvalue weighted by atomic mass is 35.5. The van der Waals surface area contributed by atoms with E-state index in [4.69, 9.17) is 27.9 Å². The Bertz CT molecular complexity index is 813. The maximum absolute atomic E-state index is 6.26. The monoisotopic (exact) mass is 392 g/mol. The molecular formula is C19H18Cl2N2OS. The topological polar surface area (TPSA) is 34.1 Å². The van der Waals surface area contributed by atoms with Crippen molar-refractivity contribution >= 4 is 34.5 Å². The molecule has 0 fully saturated rings. The van der Waals surface area contributed by atoms with Gasteiger partial charge in [-0.25, -0.2) is 4.98 Å². The van der Waals surface area contributed by atoms with Gasteiger partial charge >= 0.3 is 0 Å². The Morgan fingerprint density at radius 3 is 2.48 bits per heavy atom. The SMILES string of the molecule is COc1ccc(CCNCc2ncc(-c3c(Cl)cccc3Cl)s2)cc1. The molecule has 3 nitrogen and oxygen atoms in total. The van der Waals surface area contributed by atoms with Gasteiger partial charge in [0.15, 0.2) is 0 Å². The van der Waals surface area contributed by atoms with Gasteiger partial charge in [0.05, 0.1) is 22.0 Å². The van der Waals surface area contributed by atoms with Crippen LogP contribution in [0, 0.1) is 0 Å². The van der Waals surface area contributed by atoms with Gasteiger partial charge in [0, 0.05) is 18.3 Å². The van der Waals surface area contributed by atoms with Gasteiger partial charge in [-0.2, -0.15) is 0 Å². The minimum Gasteiger partial charge on any atom is -0.497 e. The van der Waals surface area contributed by atoms with Crippen molar-refractivity contribution in [2.45, 2.75) is 13.0 Å². The molecule has 3 rings (SSSR count). The lowest BCUT2D eigenvalue weighted by Crippen LogP contribution is -2.16. The molecule has 0 aliphatic heterocycles. The van der Waals surface area contributed by atoms with E-state index in [0.717, 1.165) is 40.7 Å². The first-order chi connectivity index (χ1) is 12.2. The smallest absolute Gasteiger partial charge is 0.118 e. The standard InChI is InChI=1S/C19H18Cl2N2OS/c1-24-14-7-5-13(6-8-14)9-10-22-12-18-23-11-17(25-18)19-15(20)3-2-4-16(19)21/h2-8,11,22H,9-10,12H2,1H3. The fourth-order valence-electron chi connectivity index (χ4n) is 2.46. The molecule has 3 aromatic rings. The lowest BCUT2D eigenvalue weighted by molar-refractivity contribution is 0.414. The predicted molar refractivity (Wildman–Crippen MR) is 106 cm³/mol. The van der Waals surface area contributed by atoms with Crippen molar-refractivity contribution < 1.29 is 4.74 Å². The van der Waals surface area contributed by atoms with E-state index >= 15 is 0 Å². The van der Waals surface area contributed by atoms with E-state index < -0.39 is 0 Å². The molecule has 25 heavy (non-hydrogen) atoms. The van der Waals surface area contributed by atoms with Crippen LogP contribution < -0.4 is 10.1 Å². The number of hydrogen-bond acceptors (Lipinski definition) is 4. The first kappa shape index (κ1) is 18.2. The summed E-state index contributed by atoms with van der Waals surface area (Å²) >= 11 is 14.1. The van der Waals surface area contributed by atoms with Crippen molar-refractivity contribution in [3.05, 3.63) is 69.3 Å². The number of ether oxygens (including phenoxy) is 1. The van der Waals surface area contributed by atoms with Gasteiger partial charge in [0.25, 0.3) is 0 Å². The number of nitrogens with one attached hydrogen (secondary N) is 1. The second-order valence-corrected chi connectivity index (χ2v) is 7.42. The normalized spacial score (nSPS) is 10.8. The molecule has 2 aromatic carbocycles. The van der Waals surface area contributed by atoms with Crippen LogP contribution in [-0.2, 0) is 13.0 Å². The number of hydrogen-bond donors (Lipinski definition) is 1. The quantitative estimate of drug-likeness (QED) is 0.542. The summed E-state index contributed by atoms with van der Waals surface area (Å²) < 4.78 is 5.17. The fraction of sp³-hybridized carbons (Fsp3) is 0.211. The summed E-state index contributed by atoms with van der Waals surface area (Å²) in [6.45, 7) is 1.61. The molecule has 1 aromatic heterocycles. The summed E-state index contributed by atoms with van der Waals surface area (Å²) in [7, 11) is 1.68. The van der Waals surface area contributed by atoms with Crippen molar-refractivity contribution in [2.75, 3.05) is 13.7 Å². The van der Waals surface area contributed by atoms with Crippen molar-refractivity contribution in [1.29, 1.82) is 0 Å². The highest BCUT2D eigenvalue weighted by Crippen LogP contribution is 2.37. The van der Waals surface area contributed by atoms with Crippen molar-refractivity contribution in [3.63, 3.8) is 0 Å². The van der Waals surface area contributed by atoms with Crippen molar-refractivity contribution in [1.82, 2.24) is 10.3 Å². The number of nitrogens with zero attached hydrogens (tertiary/aromatic N) is 1. The zero-order valence-electron chi connectivity index (χ0n) is 13.8. The van der Waals surface area contributed by atoms with E-state index in [0.29, 0.717) is 10.0 Å². The Kier molecular flexibility index (Phi) is 6.32. The number of halogens is 2. The molecule has 0 aliphatic rings. The van der Waals surface area contributed by atoms with Crippen LogP contribution in [0.3, 0.4) is 0 Å². The highest BCUT2D eigenvalue weighted by Gasteiger charge is 2.11. The predicted octanol–water partition coefficient (Wildman–Crippen LogP) is 5.46. The Labute approximate surface area is 161 Å². The van der Waals surface area contributed by atoms with Crippen LogP contribution in [-0.4, -0.2) is 18.6 Å². The van der Waals surface area contributed by atoms with Crippen LogP contribution in [0.15, 0.2) is 48.7 Å². The summed E-state index contributed by atoms with van der Waals surface area (Å²) in [6.07, 6.45) is 2.79. The molecule has 1 N–H and O–H groups in total. The number of thiazole rings is 1. The molecule has 0 saturated carbocycles. The second-order valence-electron chi connectivity index (χ2n) is 5.49. The van der Waals surface area contributed by atoms with E-state index in [2.05, 4.69) is 22.4 Å². The molecule has 0 bridgehead atoms. The number of aromatic nitrogens is 1. The molecule has 1 heterocycles. The van der Waals surface area contributed by atoms with E-state index in [9.17, 15) is 0 Å². The number of methoxy groups -OCH3 is 1. The van der Waals surface area contributed by atoms with E-state index in [1.54, 1.807) is 18.4 Å². The molecular weight excluding hydrogens is 375 g/mol. The number of rotatable bonds is 7. The summed E-state index contributed by atoms with van der Waals surface area (Å²) in [5.41, 5.74) is 2.13. The average Bonchev–Trinajstić information content (AvgIpc) is 3.07. The van der Waals surface area contributed by atoms with Crippen LogP contribution in [0.25, 0.3) is 10.4 Å². The first-order valence-corrected chi connectivity index (χ1v) is 9.47. The zero-order chi connectivity index (χ0) is 17.6. The minimum absolute atomic E-state index is 0.648. The minimum atomic E-state index is 0.648. The van der Waals surface area contributed by atoms with E-state index in [-0.39, 0.29) is 0 Å². The van der Waals surface area contributed by atoms with Crippen LogP contribution >= 0.6 is 34.5 Å². The summed E-state index contributed by atoms with van der Waals surface area (Å²) in [4.78, 5) is 5.45. The summed E-state index contributed by atoms with van der Waals surface area (Å²) in [5, 5.41) is 5.73. The summed E-state index contributed by atoms with van der Waals surface area (Å²) in [6, 6.07) is 13.7. The Balaban J connectivity index is 1.53. The average molecular weight is 393 g/mol. The highest BCUT2D eigenvalue weighted by molar-refractivity contribution is 7.15. The molecule has 0 spiro atoms. The molecule has 6 heteroatoms. The Hall–Kier alpha value is -1.59. The summed E-state index contributed by atoms with van der Waals surface area (Å²) in [5.74, 6) is 0.880.